The molecule has 2 N–H and O–H groups in total. The second kappa shape index (κ2) is 7.80. The fraction of sp³-hybridized carbons (Fsp3) is 0.133. The Morgan fingerprint density at radius 3 is 2.96 bits per heavy atom. The van der Waals surface area contributed by atoms with Crippen LogP contribution in [-0.4, -0.2) is 28.8 Å². The first kappa shape index (κ1) is 17.1. The number of hydrazone groups is 1. The maximum Gasteiger partial charge on any atom is 0.274 e. The maximum absolute atomic E-state index is 11.9. The number of carbonyl (C=O) groups excluding carboxylic acids is 1. The highest BCUT2D eigenvalue weighted by Gasteiger charge is 2.10. The number of rotatable bonds is 5. The molecule has 2 rings (SSSR count). The number of pyridine rings is 1. The van der Waals surface area contributed by atoms with Crippen molar-refractivity contribution in [1.29, 1.82) is 0 Å². The molecular weight excluding hydrogens is 341 g/mol. The van der Waals surface area contributed by atoms with Crippen LogP contribution in [0.1, 0.15) is 22.8 Å². The molecule has 0 spiro atoms. The lowest BCUT2D eigenvalue weighted by Gasteiger charge is -2.08. The van der Waals surface area contributed by atoms with Crippen molar-refractivity contribution < 1.29 is 14.6 Å². The second-order valence-corrected chi connectivity index (χ2v) is 5.09. The highest BCUT2D eigenvalue weighted by atomic mass is 35.5. The number of aromatic nitrogens is 1. The molecule has 0 unspecified atom stereocenters. The summed E-state index contributed by atoms with van der Waals surface area (Å²) in [5, 5.41) is 13.8. The van der Waals surface area contributed by atoms with E-state index >= 15 is 0 Å². The molecule has 0 bridgehead atoms. The van der Waals surface area contributed by atoms with E-state index in [9.17, 15) is 9.90 Å². The van der Waals surface area contributed by atoms with Gasteiger partial charge in [0.1, 0.15) is 5.15 Å². The Hall–Kier alpha value is -2.31. The summed E-state index contributed by atoms with van der Waals surface area (Å²) in [6, 6.07) is 6.17. The highest BCUT2D eigenvalue weighted by Crippen LogP contribution is 2.34. The Morgan fingerprint density at radius 2 is 2.26 bits per heavy atom. The lowest BCUT2D eigenvalue weighted by atomic mass is 10.2. The van der Waals surface area contributed by atoms with Gasteiger partial charge in [-0.05, 0) is 36.8 Å². The predicted octanol–water partition coefficient (Wildman–Crippen LogP) is 3.26. The van der Waals surface area contributed by atoms with Gasteiger partial charge in [0.15, 0.2) is 11.5 Å². The molecule has 1 aromatic heterocycles. The van der Waals surface area contributed by atoms with Crippen LogP contribution < -0.4 is 10.2 Å². The first-order chi connectivity index (χ1) is 11.0. The molecule has 0 saturated carbocycles. The lowest BCUT2D eigenvalue weighted by Crippen LogP contribution is -2.18. The van der Waals surface area contributed by atoms with Gasteiger partial charge in [-0.1, -0.05) is 23.2 Å². The van der Waals surface area contributed by atoms with Gasteiger partial charge in [-0.15, -0.1) is 0 Å². The van der Waals surface area contributed by atoms with Gasteiger partial charge < -0.3 is 9.84 Å². The number of phenolic OH excluding ortho intramolecular Hbond substituents is 1. The van der Waals surface area contributed by atoms with Crippen molar-refractivity contribution in [2.24, 2.45) is 5.10 Å². The number of ether oxygens (including phenoxy) is 1. The van der Waals surface area contributed by atoms with E-state index in [1.54, 1.807) is 19.1 Å². The summed E-state index contributed by atoms with van der Waals surface area (Å²) >= 11 is 11.7. The van der Waals surface area contributed by atoms with Gasteiger partial charge in [-0.2, -0.15) is 5.10 Å². The first-order valence-corrected chi connectivity index (χ1v) is 7.37. The first-order valence-electron chi connectivity index (χ1n) is 6.62. The molecule has 1 heterocycles. The third-order valence-electron chi connectivity index (χ3n) is 2.73. The van der Waals surface area contributed by atoms with Crippen LogP contribution in [0, 0.1) is 0 Å². The zero-order valence-electron chi connectivity index (χ0n) is 12.1. The molecule has 2 aromatic rings. The molecule has 0 saturated heterocycles. The van der Waals surface area contributed by atoms with Gasteiger partial charge >= 0.3 is 0 Å². The Balaban J connectivity index is 2.12. The molecule has 0 radical (unpaired) electrons. The van der Waals surface area contributed by atoms with Crippen LogP contribution in [0.4, 0.5) is 0 Å². The van der Waals surface area contributed by atoms with Gasteiger partial charge in [0.25, 0.3) is 5.91 Å². The molecule has 0 aliphatic carbocycles. The number of nitrogens with zero attached hydrogens (tertiary/aromatic N) is 2. The molecular formula is C15H13Cl2N3O3. The summed E-state index contributed by atoms with van der Waals surface area (Å²) in [5.41, 5.74) is 3.10. The van der Waals surface area contributed by atoms with Crippen LogP contribution in [0.15, 0.2) is 35.6 Å². The largest absolute Gasteiger partial charge is 0.503 e. The Kier molecular flexibility index (Phi) is 5.78. The van der Waals surface area contributed by atoms with Crippen molar-refractivity contribution in [3.05, 3.63) is 51.8 Å². The van der Waals surface area contributed by atoms with E-state index in [2.05, 4.69) is 15.5 Å². The third-order valence-corrected chi connectivity index (χ3v) is 3.32. The number of carbonyl (C=O) groups is 1. The molecule has 1 aromatic carbocycles. The summed E-state index contributed by atoms with van der Waals surface area (Å²) in [4.78, 5) is 15.7. The van der Waals surface area contributed by atoms with Crippen molar-refractivity contribution in [2.45, 2.75) is 6.92 Å². The standard InChI is InChI=1S/C15H13Cl2N3O3/c1-2-23-12-7-9(6-11(16)13(12)21)8-19-20-15(22)10-4-3-5-18-14(10)17/h3-8,21H,2H2,1H3,(H,20,22). The molecule has 120 valence electrons. The van der Waals surface area contributed by atoms with Crippen LogP contribution in [0.2, 0.25) is 10.2 Å². The van der Waals surface area contributed by atoms with Crippen LogP contribution in [0.3, 0.4) is 0 Å². The highest BCUT2D eigenvalue weighted by molar-refractivity contribution is 6.33. The van der Waals surface area contributed by atoms with Gasteiger partial charge in [0, 0.05) is 6.20 Å². The van der Waals surface area contributed by atoms with Crippen LogP contribution in [-0.2, 0) is 0 Å². The summed E-state index contributed by atoms with van der Waals surface area (Å²) in [6.07, 6.45) is 2.85. The van der Waals surface area contributed by atoms with E-state index in [0.717, 1.165) is 0 Å². The molecule has 23 heavy (non-hydrogen) atoms. The molecule has 1 amide bonds. The van der Waals surface area contributed by atoms with Crippen LogP contribution in [0.5, 0.6) is 11.5 Å². The number of nitrogens with one attached hydrogen (secondary N) is 1. The number of amides is 1. The molecule has 0 atom stereocenters. The molecule has 6 nitrogen and oxygen atoms in total. The average molecular weight is 354 g/mol. The van der Waals surface area contributed by atoms with Gasteiger partial charge in [-0.3, -0.25) is 4.79 Å². The van der Waals surface area contributed by atoms with Crippen LogP contribution >= 0.6 is 23.2 Å². The van der Waals surface area contributed by atoms with E-state index < -0.39 is 5.91 Å². The summed E-state index contributed by atoms with van der Waals surface area (Å²) in [6.45, 7) is 2.16. The van der Waals surface area contributed by atoms with E-state index in [1.165, 1.54) is 24.5 Å². The van der Waals surface area contributed by atoms with E-state index in [0.29, 0.717) is 12.2 Å². The average Bonchev–Trinajstić information content (AvgIpc) is 2.52. The second-order valence-electron chi connectivity index (χ2n) is 4.32. The number of halogens is 2. The van der Waals surface area contributed by atoms with Gasteiger partial charge in [0.05, 0.1) is 23.4 Å². The quantitative estimate of drug-likeness (QED) is 0.490. The minimum absolute atomic E-state index is 0.0894. The van der Waals surface area contributed by atoms with Crippen molar-refractivity contribution >= 4 is 35.3 Å². The Labute approximate surface area is 142 Å². The number of benzene rings is 1. The zero-order valence-corrected chi connectivity index (χ0v) is 13.6. The SMILES string of the molecule is CCOc1cc(C=NNC(=O)c2cccnc2Cl)cc(Cl)c1O. The predicted molar refractivity (Wildman–Crippen MR) is 88.6 cm³/mol. The number of phenols is 1. The maximum atomic E-state index is 11.9. The van der Waals surface area contributed by atoms with Crippen molar-refractivity contribution in [3.8, 4) is 11.5 Å². The fourth-order valence-corrected chi connectivity index (χ4v) is 2.14. The summed E-state index contributed by atoms with van der Waals surface area (Å²) < 4.78 is 5.26. The smallest absolute Gasteiger partial charge is 0.274 e. The lowest BCUT2D eigenvalue weighted by molar-refractivity contribution is 0.0955. The minimum Gasteiger partial charge on any atom is -0.503 e. The van der Waals surface area contributed by atoms with Gasteiger partial charge in [0.2, 0.25) is 0 Å². The third kappa shape index (κ3) is 4.34. The minimum atomic E-state index is -0.491. The Bertz CT molecular complexity index is 751. The molecule has 0 aliphatic rings. The summed E-state index contributed by atoms with van der Waals surface area (Å²) in [5.74, 6) is -0.394. The number of hydrogen-bond acceptors (Lipinski definition) is 5. The Morgan fingerprint density at radius 1 is 1.48 bits per heavy atom. The van der Waals surface area contributed by atoms with E-state index in [-0.39, 0.29) is 27.2 Å². The number of aromatic hydroxyl groups is 1. The van der Waals surface area contributed by atoms with Gasteiger partial charge in [-0.25, -0.2) is 10.4 Å². The normalized spacial score (nSPS) is 10.7. The molecule has 0 aliphatic heterocycles. The summed E-state index contributed by atoms with van der Waals surface area (Å²) in [7, 11) is 0. The van der Waals surface area contributed by atoms with Crippen LogP contribution in [0.25, 0.3) is 0 Å². The monoisotopic (exact) mass is 353 g/mol. The zero-order chi connectivity index (χ0) is 16.8. The molecule has 8 heteroatoms. The van der Waals surface area contributed by atoms with E-state index in [4.69, 9.17) is 27.9 Å². The number of hydrogen-bond donors (Lipinski definition) is 2. The topological polar surface area (TPSA) is 83.8 Å². The molecule has 0 fully saturated rings. The van der Waals surface area contributed by atoms with Crippen molar-refractivity contribution in [2.75, 3.05) is 6.61 Å². The van der Waals surface area contributed by atoms with Crippen molar-refractivity contribution in [1.82, 2.24) is 10.4 Å². The van der Waals surface area contributed by atoms with Crippen molar-refractivity contribution in [3.63, 3.8) is 0 Å². The fourth-order valence-electron chi connectivity index (χ4n) is 1.71. The van der Waals surface area contributed by atoms with E-state index in [1.807, 2.05) is 0 Å².